The molecule has 4 rings (SSSR count). The standard InChI is InChI=1S/C28H26N2O6/c1-17-6-8-18(9-7-17)28(31)36-30-26(20-10-11-22(32-2)23(15-20)33-3)27-21-16-25(35-5)24(34-4)14-19(21)12-13-29-27/h6-16H,1-5H3/b30-26+. The lowest BCUT2D eigenvalue weighted by atomic mass is 10.0. The molecule has 0 fully saturated rings. The number of aromatic nitrogens is 1. The zero-order valence-electron chi connectivity index (χ0n) is 20.7. The zero-order chi connectivity index (χ0) is 25.7. The van der Waals surface area contributed by atoms with Crippen molar-refractivity contribution in [2.75, 3.05) is 28.4 Å². The van der Waals surface area contributed by atoms with Crippen LogP contribution in [0.4, 0.5) is 0 Å². The predicted molar refractivity (Wildman–Crippen MR) is 137 cm³/mol. The highest BCUT2D eigenvalue weighted by Crippen LogP contribution is 2.35. The number of nitrogens with zero attached hydrogens (tertiary/aromatic N) is 2. The molecule has 3 aromatic carbocycles. The third kappa shape index (κ3) is 4.93. The lowest BCUT2D eigenvalue weighted by molar-refractivity contribution is 0.0517. The van der Waals surface area contributed by atoms with Crippen LogP contribution in [0.15, 0.2) is 72.0 Å². The van der Waals surface area contributed by atoms with E-state index in [-0.39, 0.29) is 0 Å². The normalized spacial score (nSPS) is 11.2. The van der Waals surface area contributed by atoms with Crippen molar-refractivity contribution < 1.29 is 28.6 Å². The molecule has 0 unspecified atom stereocenters. The van der Waals surface area contributed by atoms with Crippen molar-refractivity contribution in [2.24, 2.45) is 5.16 Å². The quantitative estimate of drug-likeness (QED) is 0.192. The topological polar surface area (TPSA) is 88.5 Å². The number of aryl methyl sites for hydroxylation is 1. The second kappa shape index (κ2) is 10.8. The Bertz CT molecular complexity index is 1430. The summed E-state index contributed by atoms with van der Waals surface area (Å²) in [7, 11) is 6.24. The van der Waals surface area contributed by atoms with Gasteiger partial charge in [-0.2, -0.15) is 0 Å². The van der Waals surface area contributed by atoms with Crippen LogP contribution in [0.1, 0.15) is 27.2 Å². The maximum Gasteiger partial charge on any atom is 0.365 e. The van der Waals surface area contributed by atoms with Gasteiger partial charge in [0.15, 0.2) is 23.0 Å². The Hall–Kier alpha value is -4.59. The van der Waals surface area contributed by atoms with Crippen molar-refractivity contribution in [3.63, 3.8) is 0 Å². The molecule has 0 atom stereocenters. The summed E-state index contributed by atoms with van der Waals surface area (Å²) < 4.78 is 21.8. The number of oxime groups is 1. The van der Waals surface area contributed by atoms with Crippen molar-refractivity contribution >= 4 is 22.5 Å². The average Bonchev–Trinajstić information content (AvgIpc) is 2.92. The summed E-state index contributed by atoms with van der Waals surface area (Å²) in [4.78, 5) is 22.7. The number of benzene rings is 3. The molecule has 36 heavy (non-hydrogen) atoms. The van der Waals surface area contributed by atoms with Crippen LogP contribution in [-0.2, 0) is 4.84 Å². The Morgan fingerprint density at radius 2 is 1.33 bits per heavy atom. The van der Waals surface area contributed by atoms with Crippen LogP contribution in [0.3, 0.4) is 0 Å². The Morgan fingerprint density at radius 1 is 0.722 bits per heavy atom. The predicted octanol–water partition coefficient (Wildman–Crippen LogP) is 5.19. The number of carbonyl (C=O) groups is 1. The first-order valence-corrected chi connectivity index (χ1v) is 11.1. The van der Waals surface area contributed by atoms with Gasteiger partial charge in [0.2, 0.25) is 0 Å². The molecule has 0 bridgehead atoms. The second-order valence-corrected chi connectivity index (χ2v) is 7.84. The summed E-state index contributed by atoms with van der Waals surface area (Å²) in [5.41, 5.74) is 2.84. The first-order chi connectivity index (χ1) is 17.5. The highest BCUT2D eigenvalue weighted by atomic mass is 16.7. The van der Waals surface area contributed by atoms with Gasteiger partial charge in [0.1, 0.15) is 11.4 Å². The summed E-state index contributed by atoms with van der Waals surface area (Å²) in [5.74, 6) is 1.56. The van der Waals surface area contributed by atoms with Gasteiger partial charge in [-0.1, -0.05) is 22.9 Å². The monoisotopic (exact) mass is 486 g/mol. The Balaban J connectivity index is 1.88. The van der Waals surface area contributed by atoms with Crippen molar-refractivity contribution in [1.82, 2.24) is 4.98 Å². The van der Waals surface area contributed by atoms with Crippen molar-refractivity contribution in [1.29, 1.82) is 0 Å². The van der Waals surface area contributed by atoms with E-state index in [2.05, 4.69) is 10.1 Å². The van der Waals surface area contributed by atoms with E-state index >= 15 is 0 Å². The molecule has 0 aliphatic heterocycles. The van der Waals surface area contributed by atoms with E-state index in [0.29, 0.717) is 45.5 Å². The number of pyridine rings is 1. The van der Waals surface area contributed by atoms with Gasteiger partial charge >= 0.3 is 5.97 Å². The van der Waals surface area contributed by atoms with Gasteiger partial charge in [-0.05, 0) is 60.8 Å². The van der Waals surface area contributed by atoms with Crippen molar-refractivity contribution in [3.05, 3.63) is 89.2 Å². The lowest BCUT2D eigenvalue weighted by Crippen LogP contribution is -2.11. The molecule has 8 heteroatoms. The van der Waals surface area contributed by atoms with E-state index in [1.807, 2.05) is 37.3 Å². The molecule has 8 nitrogen and oxygen atoms in total. The lowest BCUT2D eigenvalue weighted by Gasteiger charge is -2.14. The van der Waals surface area contributed by atoms with Gasteiger partial charge in [-0.25, -0.2) is 4.79 Å². The minimum Gasteiger partial charge on any atom is -0.493 e. The smallest absolute Gasteiger partial charge is 0.365 e. The molecule has 0 spiro atoms. The fourth-order valence-corrected chi connectivity index (χ4v) is 3.73. The van der Waals surface area contributed by atoms with Crippen LogP contribution in [0.2, 0.25) is 0 Å². The van der Waals surface area contributed by atoms with Crippen LogP contribution < -0.4 is 18.9 Å². The highest BCUT2D eigenvalue weighted by Gasteiger charge is 2.19. The molecule has 0 saturated carbocycles. The fourth-order valence-electron chi connectivity index (χ4n) is 3.73. The molecule has 0 aliphatic rings. The maximum atomic E-state index is 12.8. The highest BCUT2D eigenvalue weighted by molar-refractivity contribution is 6.18. The Kier molecular flexibility index (Phi) is 7.34. The molecular weight excluding hydrogens is 460 g/mol. The van der Waals surface area contributed by atoms with Gasteiger partial charge in [0.05, 0.1) is 34.0 Å². The van der Waals surface area contributed by atoms with E-state index in [9.17, 15) is 4.79 Å². The van der Waals surface area contributed by atoms with Gasteiger partial charge in [-0.15, -0.1) is 0 Å². The minimum atomic E-state index is -0.590. The molecule has 184 valence electrons. The number of fused-ring (bicyclic) bond motifs is 1. The zero-order valence-corrected chi connectivity index (χ0v) is 20.7. The van der Waals surface area contributed by atoms with Crippen LogP contribution in [0, 0.1) is 6.92 Å². The van der Waals surface area contributed by atoms with E-state index < -0.39 is 5.97 Å². The molecule has 0 amide bonds. The number of ether oxygens (including phenoxy) is 4. The van der Waals surface area contributed by atoms with Crippen molar-refractivity contribution in [3.8, 4) is 23.0 Å². The molecule has 1 aromatic heterocycles. The summed E-state index contributed by atoms with van der Waals surface area (Å²) in [6.07, 6.45) is 1.65. The van der Waals surface area contributed by atoms with Gasteiger partial charge < -0.3 is 23.8 Å². The summed E-state index contributed by atoms with van der Waals surface area (Å²) in [5, 5.41) is 5.85. The second-order valence-electron chi connectivity index (χ2n) is 7.84. The third-order valence-corrected chi connectivity index (χ3v) is 5.66. The molecule has 0 radical (unpaired) electrons. The first-order valence-electron chi connectivity index (χ1n) is 11.1. The largest absolute Gasteiger partial charge is 0.493 e. The van der Waals surface area contributed by atoms with Gasteiger partial charge in [-0.3, -0.25) is 4.98 Å². The molecule has 4 aromatic rings. The number of carbonyl (C=O) groups excluding carboxylic acids is 1. The van der Waals surface area contributed by atoms with E-state index in [1.165, 1.54) is 0 Å². The number of methoxy groups -OCH3 is 4. The molecule has 0 saturated heterocycles. The fraction of sp³-hybridized carbons (Fsp3) is 0.179. The molecule has 0 N–H and O–H groups in total. The minimum absolute atomic E-state index is 0.328. The summed E-state index contributed by atoms with van der Waals surface area (Å²) in [6, 6.07) is 17.9. The molecule has 0 aliphatic carbocycles. The summed E-state index contributed by atoms with van der Waals surface area (Å²) in [6.45, 7) is 1.94. The maximum absolute atomic E-state index is 12.8. The van der Waals surface area contributed by atoms with E-state index in [4.69, 9.17) is 23.8 Å². The van der Waals surface area contributed by atoms with E-state index in [1.54, 1.807) is 65.0 Å². The number of hydrogen-bond acceptors (Lipinski definition) is 8. The molecular formula is C28H26N2O6. The average molecular weight is 487 g/mol. The first kappa shape index (κ1) is 24.5. The Labute approximate surface area is 209 Å². The van der Waals surface area contributed by atoms with Crippen LogP contribution in [0.25, 0.3) is 10.8 Å². The van der Waals surface area contributed by atoms with Crippen LogP contribution >= 0.6 is 0 Å². The van der Waals surface area contributed by atoms with Crippen LogP contribution in [0.5, 0.6) is 23.0 Å². The van der Waals surface area contributed by atoms with Crippen LogP contribution in [-0.4, -0.2) is 45.1 Å². The Morgan fingerprint density at radius 3 is 2.00 bits per heavy atom. The number of rotatable bonds is 8. The molecule has 1 heterocycles. The van der Waals surface area contributed by atoms with E-state index in [0.717, 1.165) is 16.3 Å². The van der Waals surface area contributed by atoms with Gasteiger partial charge in [0.25, 0.3) is 0 Å². The number of hydrogen-bond donors (Lipinski definition) is 0. The third-order valence-electron chi connectivity index (χ3n) is 5.66. The summed E-state index contributed by atoms with van der Waals surface area (Å²) >= 11 is 0. The van der Waals surface area contributed by atoms with Crippen molar-refractivity contribution in [2.45, 2.75) is 6.92 Å². The van der Waals surface area contributed by atoms with Gasteiger partial charge in [0, 0.05) is 17.1 Å². The SMILES string of the molecule is COc1ccc(/C(=N\OC(=O)c2ccc(C)cc2)c2nccc3cc(OC)c(OC)cc23)cc1OC.